The Kier molecular flexibility index (Phi) is 2.83. The van der Waals surface area contributed by atoms with E-state index >= 15 is 0 Å². The molecule has 0 amide bonds. The topological polar surface area (TPSA) is 12.9 Å². The third-order valence-corrected chi connectivity index (χ3v) is 2.80. The predicted octanol–water partition coefficient (Wildman–Crippen LogP) is 3.42. The summed E-state index contributed by atoms with van der Waals surface area (Å²) in [7, 11) is 0. The Labute approximate surface area is 80.1 Å². The zero-order valence-electron chi connectivity index (χ0n) is 7.36. The first kappa shape index (κ1) is 9.65. The molecule has 66 valence electrons. The van der Waals surface area contributed by atoms with Gasteiger partial charge in [-0.1, -0.05) is 13.8 Å². The van der Waals surface area contributed by atoms with Crippen molar-refractivity contribution in [2.24, 2.45) is 0 Å². The van der Waals surface area contributed by atoms with Crippen molar-refractivity contribution in [1.29, 1.82) is 0 Å². The molecule has 0 bridgehead atoms. The van der Waals surface area contributed by atoms with E-state index in [0.717, 1.165) is 11.1 Å². The van der Waals surface area contributed by atoms with Gasteiger partial charge in [0.2, 0.25) is 5.95 Å². The summed E-state index contributed by atoms with van der Waals surface area (Å²) in [5.41, 5.74) is 2.03. The number of pyridine rings is 1. The summed E-state index contributed by atoms with van der Waals surface area (Å²) >= 11 is 3.16. The predicted molar refractivity (Wildman–Crippen MR) is 50.7 cm³/mol. The summed E-state index contributed by atoms with van der Waals surface area (Å²) in [5.74, 6) is -0.0497. The smallest absolute Gasteiger partial charge is 0.227 e. The fourth-order valence-corrected chi connectivity index (χ4v) is 1.47. The molecule has 0 atom stereocenters. The van der Waals surface area contributed by atoms with Gasteiger partial charge < -0.3 is 0 Å². The van der Waals surface area contributed by atoms with Gasteiger partial charge in [-0.3, -0.25) is 0 Å². The third-order valence-electron chi connectivity index (χ3n) is 1.88. The molecule has 12 heavy (non-hydrogen) atoms. The molecule has 0 N–H and O–H groups in total. The SMILES string of the molecule is Cc1c(C(C)C)cnc(F)c1Br. The van der Waals surface area contributed by atoms with Gasteiger partial charge in [-0.15, -0.1) is 0 Å². The van der Waals surface area contributed by atoms with E-state index in [2.05, 4.69) is 34.8 Å². The van der Waals surface area contributed by atoms with Crippen LogP contribution in [0, 0.1) is 12.9 Å². The van der Waals surface area contributed by atoms with Crippen LogP contribution in [0.1, 0.15) is 30.9 Å². The van der Waals surface area contributed by atoms with Gasteiger partial charge in [-0.25, -0.2) is 4.98 Å². The highest BCUT2D eigenvalue weighted by Gasteiger charge is 2.10. The summed E-state index contributed by atoms with van der Waals surface area (Å²) in [4.78, 5) is 3.65. The van der Waals surface area contributed by atoms with Crippen LogP contribution < -0.4 is 0 Å². The van der Waals surface area contributed by atoms with Crippen LogP contribution >= 0.6 is 15.9 Å². The molecule has 0 radical (unpaired) electrons. The van der Waals surface area contributed by atoms with Gasteiger partial charge in [0.05, 0.1) is 4.47 Å². The maximum Gasteiger partial charge on any atom is 0.227 e. The lowest BCUT2D eigenvalue weighted by molar-refractivity contribution is 0.572. The molecule has 0 fully saturated rings. The zero-order valence-corrected chi connectivity index (χ0v) is 8.94. The largest absolute Gasteiger partial charge is 0.227 e. The third kappa shape index (κ3) is 1.66. The highest BCUT2D eigenvalue weighted by molar-refractivity contribution is 9.10. The molecule has 1 nitrogen and oxygen atoms in total. The fourth-order valence-electron chi connectivity index (χ4n) is 1.14. The van der Waals surface area contributed by atoms with Crippen LogP contribution in [0.2, 0.25) is 0 Å². The molecule has 0 saturated carbocycles. The van der Waals surface area contributed by atoms with Gasteiger partial charge in [0, 0.05) is 6.20 Å². The van der Waals surface area contributed by atoms with Crippen molar-refractivity contribution in [3.8, 4) is 0 Å². The summed E-state index contributed by atoms with van der Waals surface area (Å²) < 4.78 is 13.3. The summed E-state index contributed by atoms with van der Waals surface area (Å²) in [6.07, 6.45) is 1.60. The fraction of sp³-hybridized carbons (Fsp3) is 0.444. The Bertz CT molecular complexity index is 297. The maximum atomic E-state index is 12.9. The van der Waals surface area contributed by atoms with E-state index in [-0.39, 0.29) is 0 Å². The normalized spacial score (nSPS) is 10.8. The van der Waals surface area contributed by atoms with Crippen molar-refractivity contribution < 1.29 is 4.39 Å². The molecule has 0 aromatic carbocycles. The highest BCUT2D eigenvalue weighted by atomic mass is 79.9. The summed E-state index contributed by atoms with van der Waals surface area (Å²) in [6, 6.07) is 0. The van der Waals surface area contributed by atoms with Gasteiger partial charge in [0.1, 0.15) is 0 Å². The Morgan fingerprint density at radius 3 is 2.58 bits per heavy atom. The number of nitrogens with zero attached hydrogens (tertiary/aromatic N) is 1. The lowest BCUT2D eigenvalue weighted by atomic mass is 10.0. The van der Waals surface area contributed by atoms with E-state index in [1.807, 2.05) is 6.92 Å². The van der Waals surface area contributed by atoms with Crippen LogP contribution in [0.3, 0.4) is 0 Å². The molecular formula is C9H11BrFN. The Hall–Kier alpha value is -0.440. The van der Waals surface area contributed by atoms with E-state index in [1.165, 1.54) is 0 Å². The quantitative estimate of drug-likeness (QED) is 0.676. The first-order chi connectivity index (χ1) is 5.54. The molecule has 0 aliphatic heterocycles. The molecular weight excluding hydrogens is 221 g/mol. The Morgan fingerprint density at radius 1 is 1.50 bits per heavy atom. The minimum absolute atomic E-state index is 0.384. The second-order valence-corrected chi connectivity index (χ2v) is 3.89. The maximum absolute atomic E-state index is 12.9. The lowest BCUT2D eigenvalue weighted by Crippen LogP contribution is -1.97. The van der Waals surface area contributed by atoms with Crippen LogP contribution in [0.15, 0.2) is 10.7 Å². The van der Waals surface area contributed by atoms with Gasteiger partial charge in [0.25, 0.3) is 0 Å². The van der Waals surface area contributed by atoms with Crippen molar-refractivity contribution in [3.05, 3.63) is 27.7 Å². The molecule has 1 rings (SSSR count). The van der Waals surface area contributed by atoms with Crippen LogP contribution in [0.5, 0.6) is 0 Å². The Balaban J connectivity index is 3.27. The van der Waals surface area contributed by atoms with Gasteiger partial charge >= 0.3 is 0 Å². The number of hydrogen-bond acceptors (Lipinski definition) is 1. The first-order valence-corrected chi connectivity index (χ1v) is 4.63. The van der Waals surface area contributed by atoms with Gasteiger partial charge in [-0.05, 0) is 39.9 Å². The van der Waals surface area contributed by atoms with Crippen LogP contribution in [0.4, 0.5) is 4.39 Å². The number of halogens is 2. The molecule has 0 saturated heterocycles. The molecule has 1 heterocycles. The first-order valence-electron chi connectivity index (χ1n) is 3.84. The zero-order chi connectivity index (χ0) is 9.30. The van der Waals surface area contributed by atoms with Gasteiger partial charge in [0.15, 0.2) is 0 Å². The second kappa shape index (κ2) is 3.52. The average molecular weight is 232 g/mol. The minimum atomic E-state index is -0.433. The molecule has 0 unspecified atom stereocenters. The number of hydrogen-bond donors (Lipinski definition) is 0. The molecule has 3 heteroatoms. The van der Waals surface area contributed by atoms with Crippen LogP contribution in [0.25, 0.3) is 0 Å². The number of aromatic nitrogens is 1. The van der Waals surface area contributed by atoms with E-state index < -0.39 is 5.95 Å². The monoisotopic (exact) mass is 231 g/mol. The summed E-state index contributed by atoms with van der Waals surface area (Å²) in [5, 5.41) is 0. The van der Waals surface area contributed by atoms with E-state index in [1.54, 1.807) is 6.20 Å². The standard InChI is InChI=1S/C9H11BrFN/c1-5(2)7-4-12-9(11)8(10)6(7)3/h4-5H,1-3H3. The highest BCUT2D eigenvalue weighted by Crippen LogP contribution is 2.26. The minimum Gasteiger partial charge on any atom is -0.227 e. The second-order valence-electron chi connectivity index (χ2n) is 3.10. The Morgan fingerprint density at radius 2 is 2.08 bits per heavy atom. The number of rotatable bonds is 1. The van der Waals surface area contributed by atoms with Gasteiger partial charge in [-0.2, -0.15) is 4.39 Å². The molecule has 0 aliphatic rings. The molecule has 1 aromatic rings. The van der Waals surface area contributed by atoms with Crippen molar-refractivity contribution in [2.45, 2.75) is 26.7 Å². The summed E-state index contributed by atoms with van der Waals surface area (Å²) in [6.45, 7) is 6.02. The van der Waals surface area contributed by atoms with Crippen LogP contribution in [-0.4, -0.2) is 4.98 Å². The van der Waals surface area contributed by atoms with Crippen molar-refractivity contribution in [2.75, 3.05) is 0 Å². The van der Waals surface area contributed by atoms with Crippen molar-refractivity contribution >= 4 is 15.9 Å². The molecule has 0 aliphatic carbocycles. The average Bonchev–Trinajstić information content (AvgIpc) is 2.00. The van der Waals surface area contributed by atoms with Crippen molar-refractivity contribution in [3.63, 3.8) is 0 Å². The van der Waals surface area contributed by atoms with E-state index in [9.17, 15) is 4.39 Å². The van der Waals surface area contributed by atoms with Crippen LogP contribution in [-0.2, 0) is 0 Å². The van der Waals surface area contributed by atoms with E-state index in [4.69, 9.17) is 0 Å². The van der Waals surface area contributed by atoms with E-state index in [0.29, 0.717) is 10.4 Å². The van der Waals surface area contributed by atoms with Crippen molar-refractivity contribution in [1.82, 2.24) is 4.98 Å². The molecule has 1 aromatic heterocycles. The molecule has 0 spiro atoms. The lowest BCUT2D eigenvalue weighted by Gasteiger charge is -2.10.